The van der Waals surface area contributed by atoms with Gasteiger partial charge in [0.15, 0.2) is 5.41 Å². The van der Waals surface area contributed by atoms with Gasteiger partial charge in [-0.3, -0.25) is 9.59 Å². The third-order valence-corrected chi connectivity index (χ3v) is 5.22. The second kappa shape index (κ2) is 7.16. The van der Waals surface area contributed by atoms with E-state index in [4.69, 9.17) is 9.47 Å². The number of rotatable bonds is 3. The fourth-order valence-electron chi connectivity index (χ4n) is 3.79. The van der Waals surface area contributed by atoms with Crippen molar-refractivity contribution in [2.24, 2.45) is 11.3 Å². The van der Waals surface area contributed by atoms with E-state index in [1.807, 2.05) is 67.6 Å². The molecule has 0 radical (unpaired) electrons. The zero-order valence-corrected chi connectivity index (χ0v) is 15.2. The number of ether oxygens (including phenoxy) is 2. The molecule has 0 N–H and O–H groups in total. The zero-order valence-electron chi connectivity index (χ0n) is 15.2. The molecule has 0 saturated carbocycles. The highest BCUT2D eigenvalue weighted by molar-refractivity contribution is 6.05. The molecule has 0 saturated heterocycles. The molecule has 4 nitrogen and oxygen atoms in total. The molecule has 0 fully saturated rings. The first kappa shape index (κ1) is 17.9. The van der Waals surface area contributed by atoms with Crippen LogP contribution in [0.5, 0.6) is 0 Å². The van der Waals surface area contributed by atoms with Crippen molar-refractivity contribution >= 4 is 23.6 Å². The van der Waals surface area contributed by atoms with E-state index in [1.54, 1.807) is 0 Å². The first-order valence-electron chi connectivity index (χ1n) is 8.56. The van der Waals surface area contributed by atoms with E-state index in [1.165, 1.54) is 14.2 Å². The lowest BCUT2D eigenvalue weighted by molar-refractivity contribution is -0.172. The first-order valence-corrected chi connectivity index (χ1v) is 8.56. The smallest absolute Gasteiger partial charge is 0.324 e. The Labute approximate surface area is 153 Å². The van der Waals surface area contributed by atoms with Crippen molar-refractivity contribution in [1.29, 1.82) is 0 Å². The van der Waals surface area contributed by atoms with Gasteiger partial charge < -0.3 is 9.47 Å². The largest absolute Gasteiger partial charge is 0.468 e. The quantitative estimate of drug-likeness (QED) is 0.625. The van der Waals surface area contributed by atoms with Gasteiger partial charge in [0.05, 0.1) is 14.2 Å². The molecule has 3 rings (SSSR count). The van der Waals surface area contributed by atoms with E-state index >= 15 is 0 Å². The highest BCUT2D eigenvalue weighted by atomic mass is 16.5. The Morgan fingerprint density at radius 2 is 1.54 bits per heavy atom. The van der Waals surface area contributed by atoms with Crippen LogP contribution in [-0.4, -0.2) is 26.2 Å². The molecule has 0 aliphatic heterocycles. The lowest BCUT2D eigenvalue weighted by Crippen LogP contribution is -2.50. The van der Waals surface area contributed by atoms with Crippen molar-refractivity contribution in [1.82, 2.24) is 0 Å². The van der Waals surface area contributed by atoms with Gasteiger partial charge in [-0.25, -0.2) is 0 Å². The molecule has 26 heavy (non-hydrogen) atoms. The maximum Gasteiger partial charge on any atom is 0.324 e. The molecule has 0 aromatic heterocycles. The predicted octanol–water partition coefficient (Wildman–Crippen LogP) is 3.75. The van der Waals surface area contributed by atoms with Crippen LogP contribution in [0.3, 0.4) is 0 Å². The monoisotopic (exact) mass is 350 g/mol. The predicted molar refractivity (Wildman–Crippen MR) is 100 cm³/mol. The van der Waals surface area contributed by atoms with Crippen LogP contribution in [0.2, 0.25) is 0 Å². The Morgan fingerprint density at radius 1 is 0.962 bits per heavy atom. The first-order chi connectivity index (χ1) is 12.5. The normalized spacial score (nSPS) is 19.5. The third-order valence-electron chi connectivity index (χ3n) is 5.22. The Bertz CT molecular complexity index is 835. The van der Waals surface area contributed by atoms with E-state index in [0.29, 0.717) is 0 Å². The summed E-state index contributed by atoms with van der Waals surface area (Å²) < 4.78 is 10.1. The van der Waals surface area contributed by atoms with Crippen LogP contribution in [0.25, 0.3) is 11.6 Å². The summed E-state index contributed by atoms with van der Waals surface area (Å²) in [6, 6.07) is 17.7. The van der Waals surface area contributed by atoms with Gasteiger partial charge in [0.1, 0.15) is 0 Å². The van der Waals surface area contributed by atoms with Crippen molar-refractivity contribution in [3.05, 3.63) is 71.3 Å². The highest BCUT2D eigenvalue weighted by Gasteiger charge is 2.56. The molecule has 1 atom stereocenters. The fraction of sp³-hybridized carbons (Fsp3) is 0.273. The van der Waals surface area contributed by atoms with Crippen molar-refractivity contribution in [3.63, 3.8) is 0 Å². The average molecular weight is 350 g/mol. The maximum absolute atomic E-state index is 12.8. The minimum absolute atomic E-state index is 0.260. The van der Waals surface area contributed by atoms with Gasteiger partial charge in [0, 0.05) is 12.3 Å². The summed E-state index contributed by atoms with van der Waals surface area (Å²) in [6.45, 7) is 1.89. The summed E-state index contributed by atoms with van der Waals surface area (Å²) in [4.78, 5) is 25.5. The Hall–Kier alpha value is -2.88. The maximum atomic E-state index is 12.8. The summed E-state index contributed by atoms with van der Waals surface area (Å²) in [6.07, 6.45) is 2.29. The van der Waals surface area contributed by atoms with E-state index in [0.717, 1.165) is 22.3 Å². The van der Waals surface area contributed by atoms with Crippen LogP contribution in [-0.2, 0) is 25.5 Å². The zero-order chi connectivity index (χ0) is 18.7. The number of allylic oxidation sites excluding steroid dienone is 1. The van der Waals surface area contributed by atoms with Crippen LogP contribution in [0, 0.1) is 11.3 Å². The van der Waals surface area contributed by atoms with E-state index in [9.17, 15) is 9.59 Å². The highest BCUT2D eigenvalue weighted by Crippen LogP contribution is 2.48. The number of benzene rings is 2. The van der Waals surface area contributed by atoms with Crippen molar-refractivity contribution < 1.29 is 19.1 Å². The molecule has 0 unspecified atom stereocenters. The van der Waals surface area contributed by atoms with Crippen LogP contribution in [0.4, 0.5) is 0 Å². The number of carbonyl (C=O) groups excluding carboxylic acids is 2. The van der Waals surface area contributed by atoms with E-state index in [-0.39, 0.29) is 6.42 Å². The van der Waals surface area contributed by atoms with Gasteiger partial charge >= 0.3 is 11.9 Å². The SMILES string of the molecule is COC(=O)C1(C(=O)OC)Cc2ccccc2/C(=C/c2ccccc2)[C@H]1C. The van der Waals surface area contributed by atoms with E-state index in [2.05, 4.69) is 0 Å². The number of esters is 2. The number of hydrogen-bond donors (Lipinski definition) is 0. The molecule has 4 heteroatoms. The standard InChI is InChI=1S/C22H22O4/c1-15-19(13-16-9-5-4-6-10-16)18-12-8-7-11-17(18)14-22(15,20(23)25-2)21(24)26-3/h4-13,15H,14H2,1-3H3/b19-13+/t15-/m1/s1. The average Bonchev–Trinajstić information content (AvgIpc) is 2.69. The summed E-state index contributed by atoms with van der Waals surface area (Å²) in [5, 5.41) is 0. The van der Waals surface area contributed by atoms with Crippen LogP contribution < -0.4 is 0 Å². The minimum atomic E-state index is -1.39. The molecular weight excluding hydrogens is 328 g/mol. The van der Waals surface area contributed by atoms with Crippen LogP contribution >= 0.6 is 0 Å². The van der Waals surface area contributed by atoms with Gasteiger partial charge in [-0.05, 0) is 22.3 Å². The molecule has 2 aromatic rings. The number of carbonyl (C=O) groups is 2. The van der Waals surface area contributed by atoms with E-state index < -0.39 is 23.3 Å². The Kier molecular flexibility index (Phi) is 4.94. The molecule has 0 amide bonds. The van der Waals surface area contributed by atoms with Crippen LogP contribution in [0.15, 0.2) is 54.6 Å². The summed E-state index contributed by atoms with van der Waals surface area (Å²) in [5.41, 5.74) is 2.53. The fourth-order valence-corrected chi connectivity index (χ4v) is 3.79. The summed E-state index contributed by atoms with van der Waals surface area (Å²) in [5.74, 6) is -1.52. The molecule has 0 heterocycles. The van der Waals surface area contributed by atoms with Gasteiger partial charge in [-0.1, -0.05) is 67.6 Å². The molecule has 1 aliphatic rings. The molecule has 0 spiro atoms. The lowest BCUT2D eigenvalue weighted by atomic mass is 9.62. The summed E-state index contributed by atoms with van der Waals surface area (Å²) >= 11 is 0. The third kappa shape index (κ3) is 2.81. The Balaban J connectivity index is 2.25. The van der Waals surface area contributed by atoms with Gasteiger partial charge in [0.2, 0.25) is 0 Å². The number of methoxy groups -OCH3 is 2. The molecule has 1 aliphatic carbocycles. The van der Waals surface area contributed by atoms with Crippen LogP contribution in [0.1, 0.15) is 23.6 Å². The van der Waals surface area contributed by atoms with Gasteiger partial charge in [-0.15, -0.1) is 0 Å². The van der Waals surface area contributed by atoms with Crippen molar-refractivity contribution in [2.75, 3.05) is 14.2 Å². The van der Waals surface area contributed by atoms with Gasteiger partial charge in [0.25, 0.3) is 0 Å². The number of fused-ring (bicyclic) bond motifs is 1. The second-order valence-corrected chi connectivity index (χ2v) is 6.52. The lowest BCUT2D eigenvalue weighted by Gasteiger charge is -2.40. The topological polar surface area (TPSA) is 52.6 Å². The second-order valence-electron chi connectivity index (χ2n) is 6.52. The van der Waals surface area contributed by atoms with Crippen molar-refractivity contribution in [2.45, 2.75) is 13.3 Å². The van der Waals surface area contributed by atoms with Gasteiger partial charge in [-0.2, -0.15) is 0 Å². The summed E-state index contributed by atoms with van der Waals surface area (Å²) in [7, 11) is 2.61. The molecule has 134 valence electrons. The number of hydrogen-bond acceptors (Lipinski definition) is 4. The van der Waals surface area contributed by atoms with Crippen molar-refractivity contribution in [3.8, 4) is 0 Å². The molecule has 0 bridgehead atoms. The minimum Gasteiger partial charge on any atom is -0.468 e. The molecule has 2 aromatic carbocycles. The molecular formula is C22H22O4. The Morgan fingerprint density at radius 3 is 2.15 bits per heavy atom.